The third kappa shape index (κ3) is 3.39. The first-order valence-corrected chi connectivity index (χ1v) is 6.64. The SMILES string of the molecule is Cc1ccc(C(=O)C=Cc2c(F)c(F)c(F)c(F)c2F)cc1[N+](=O)[O-]. The third-order valence-corrected chi connectivity index (χ3v) is 3.34. The summed E-state index contributed by atoms with van der Waals surface area (Å²) in [6.07, 6.45) is 0.983. The van der Waals surface area contributed by atoms with E-state index in [1.807, 2.05) is 0 Å². The van der Waals surface area contributed by atoms with Gasteiger partial charge in [-0.1, -0.05) is 12.1 Å². The van der Waals surface area contributed by atoms with E-state index in [9.17, 15) is 36.9 Å². The van der Waals surface area contributed by atoms with E-state index in [1.165, 1.54) is 19.1 Å². The van der Waals surface area contributed by atoms with Gasteiger partial charge in [0, 0.05) is 17.2 Å². The van der Waals surface area contributed by atoms with Crippen LogP contribution in [-0.4, -0.2) is 10.7 Å². The highest BCUT2D eigenvalue weighted by molar-refractivity contribution is 6.07. The Kier molecular flexibility index (Phi) is 4.96. The van der Waals surface area contributed by atoms with Crippen molar-refractivity contribution < 1.29 is 31.7 Å². The van der Waals surface area contributed by atoms with E-state index < -0.39 is 45.4 Å². The molecule has 0 fully saturated rings. The van der Waals surface area contributed by atoms with Gasteiger partial charge in [-0.2, -0.15) is 0 Å². The van der Waals surface area contributed by atoms with Crippen molar-refractivity contribution in [2.75, 3.05) is 0 Å². The van der Waals surface area contributed by atoms with Gasteiger partial charge in [-0.05, 0) is 19.1 Å². The van der Waals surface area contributed by atoms with Crippen molar-refractivity contribution in [3.05, 3.63) is 80.2 Å². The third-order valence-electron chi connectivity index (χ3n) is 3.34. The normalized spacial score (nSPS) is 11.1. The molecule has 0 saturated carbocycles. The Morgan fingerprint density at radius 3 is 2.04 bits per heavy atom. The van der Waals surface area contributed by atoms with Crippen molar-refractivity contribution in [1.82, 2.24) is 0 Å². The highest BCUT2D eigenvalue weighted by Gasteiger charge is 2.24. The van der Waals surface area contributed by atoms with E-state index in [1.54, 1.807) is 0 Å². The van der Waals surface area contributed by atoms with Crippen LogP contribution >= 0.6 is 0 Å². The number of nitro groups is 1. The number of benzene rings is 2. The van der Waals surface area contributed by atoms with E-state index in [4.69, 9.17) is 0 Å². The van der Waals surface area contributed by atoms with E-state index >= 15 is 0 Å². The van der Waals surface area contributed by atoms with Crippen LogP contribution in [0.4, 0.5) is 27.6 Å². The summed E-state index contributed by atoms with van der Waals surface area (Å²) in [6.45, 7) is 1.44. The van der Waals surface area contributed by atoms with Crippen LogP contribution in [0.3, 0.4) is 0 Å². The first kappa shape index (κ1) is 18.2. The van der Waals surface area contributed by atoms with Crippen LogP contribution in [0.1, 0.15) is 21.5 Å². The molecule has 0 heterocycles. The van der Waals surface area contributed by atoms with Gasteiger partial charge in [0.2, 0.25) is 5.82 Å². The number of halogens is 5. The molecule has 0 aliphatic rings. The predicted molar refractivity (Wildman–Crippen MR) is 77.4 cm³/mol. The van der Waals surface area contributed by atoms with E-state index in [0.29, 0.717) is 12.2 Å². The standard InChI is InChI=1S/C16H8F5NO3/c1-7-2-3-8(6-10(7)22(24)25)11(23)5-4-9-12(17)14(19)16(21)15(20)13(9)18/h2-6H,1H3. The lowest BCUT2D eigenvalue weighted by Gasteiger charge is -2.04. The van der Waals surface area contributed by atoms with Crippen molar-refractivity contribution in [3.8, 4) is 0 Å². The molecule has 0 aliphatic heterocycles. The van der Waals surface area contributed by atoms with Crippen molar-refractivity contribution in [2.24, 2.45) is 0 Å². The molecule has 130 valence electrons. The summed E-state index contributed by atoms with van der Waals surface area (Å²) in [5.74, 6) is -11.7. The lowest BCUT2D eigenvalue weighted by atomic mass is 10.1. The number of allylic oxidation sites excluding steroid dienone is 1. The Bertz CT molecular complexity index is 895. The zero-order chi connectivity index (χ0) is 18.9. The second-order valence-electron chi connectivity index (χ2n) is 4.94. The number of rotatable bonds is 4. The van der Waals surface area contributed by atoms with Gasteiger partial charge < -0.3 is 0 Å². The Labute approximate surface area is 137 Å². The van der Waals surface area contributed by atoms with E-state index in [-0.39, 0.29) is 16.8 Å². The van der Waals surface area contributed by atoms with Gasteiger partial charge in [-0.15, -0.1) is 0 Å². The summed E-state index contributed by atoms with van der Waals surface area (Å²) in [6, 6.07) is 3.46. The summed E-state index contributed by atoms with van der Waals surface area (Å²) in [7, 11) is 0. The summed E-state index contributed by atoms with van der Waals surface area (Å²) < 4.78 is 66.1. The molecule has 25 heavy (non-hydrogen) atoms. The van der Waals surface area contributed by atoms with Crippen molar-refractivity contribution in [3.63, 3.8) is 0 Å². The number of carbonyl (C=O) groups is 1. The number of hydrogen-bond acceptors (Lipinski definition) is 3. The van der Waals surface area contributed by atoms with E-state index in [2.05, 4.69) is 0 Å². The molecule has 9 heteroatoms. The summed E-state index contributed by atoms with van der Waals surface area (Å²) in [5.41, 5.74) is -1.54. The molecule has 0 aromatic heterocycles. The molecule has 0 bridgehead atoms. The summed E-state index contributed by atoms with van der Waals surface area (Å²) >= 11 is 0. The lowest BCUT2D eigenvalue weighted by Crippen LogP contribution is -2.04. The molecule has 0 aliphatic carbocycles. The van der Waals surface area contributed by atoms with Gasteiger partial charge >= 0.3 is 0 Å². The fourth-order valence-electron chi connectivity index (χ4n) is 1.98. The molecular formula is C16H8F5NO3. The topological polar surface area (TPSA) is 60.2 Å². The minimum atomic E-state index is -2.31. The fourth-order valence-corrected chi connectivity index (χ4v) is 1.98. The van der Waals surface area contributed by atoms with Crippen LogP contribution in [0, 0.1) is 46.1 Å². The smallest absolute Gasteiger partial charge is 0.273 e. The molecule has 0 atom stereocenters. The molecule has 2 rings (SSSR count). The van der Waals surface area contributed by atoms with Crippen LogP contribution < -0.4 is 0 Å². The van der Waals surface area contributed by atoms with Crippen molar-refractivity contribution in [2.45, 2.75) is 6.92 Å². The van der Waals surface area contributed by atoms with Gasteiger partial charge in [0.25, 0.3) is 5.69 Å². The molecule has 2 aromatic rings. The van der Waals surface area contributed by atoms with Crippen molar-refractivity contribution >= 4 is 17.5 Å². The number of carbonyl (C=O) groups excluding carboxylic acids is 1. The first-order chi connectivity index (χ1) is 11.6. The number of ketones is 1. The predicted octanol–water partition coefficient (Wildman–Crippen LogP) is 4.49. The average Bonchev–Trinajstić information content (AvgIpc) is 2.58. The second kappa shape index (κ2) is 6.80. The minimum absolute atomic E-state index is 0.183. The van der Waals surface area contributed by atoms with E-state index in [0.717, 1.165) is 6.07 Å². The minimum Gasteiger partial charge on any atom is -0.289 e. The zero-order valence-electron chi connectivity index (χ0n) is 12.4. The lowest BCUT2D eigenvalue weighted by molar-refractivity contribution is -0.385. The largest absolute Gasteiger partial charge is 0.289 e. The zero-order valence-corrected chi connectivity index (χ0v) is 12.4. The van der Waals surface area contributed by atoms with Crippen LogP contribution in [0.25, 0.3) is 6.08 Å². The first-order valence-electron chi connectivity index (χ1n) is 6.64. The van der Waals surface area contributed by atoms with Gasteiger partial charge in [-0.3, -0.25) is 14.9 Å². The maximum absolute atomic E-state index is 13.5. The molecule has 0 saturated heterocycles. The van der Waals surface area contributed by atoms with Crippen LogP contribution in [-0.2, 0) is 0 Å². The van der Waals surface area contributed by atoms with Gasteiger partial charge in [-0.25, -0.2) is 22.0 Å². The van der Waals surface area contributed by atoms with Crippen LogP contribution in [0.15, 0.2) is 24.3 Å². The molecule has 4 nitrogen and oxygen atoms in total. The number of aryl methyl sites for hydroxylation is 1. The molecule has 2 aromatic carbocycles. The average molecular weight is 357 g/mol. The maximum atomic E-state index is 13.5. The van der Waals surface area contributed by atoms with Gasteiger partial charge in [0.15, 0.2) is 29.1 Å². The van der Waals surface area contributed by atoms with Gasteiger partial charge in [0.05, 0.1) is 10.5 Å². The Morgan fingerprint density at radius 1 is 1.00 bits per heavy atom. The molecular weight excluding hydrogens is 349 g/mol. The fraction of sp³-hybridized carbons (Fsp3) is 0.0625. The van der Waals surface area contributed by atoms with Crippen LogP contribution in [0.2, 0.25) is 0 Å². The second-order valence-corrected chi connectivity index (χ2v) is 4.94. The number of nitro benzene ring substituents is 1. The van der Waals surface area contributed by atoms with Crippen molar-refractivity contribution in [1.29, 1.82) is 0 Å². The maximum Gasteiger partial charge on any atom is 0.273 e. The Balaban J connectivity index is 2.43. The highest BCUT2D eigenvalue weighted by Crippen LogP contribution is 2.25. The number of hydrogen-bond donors (Lipinski definition) is 0. The van der Waals surface area contributed by atoms with Gasteiger partial charge in [0.1, 0.15) is 0 Å². The monoisotopic (exact) mass is 357 g/mol. The molecule has 0 N–H and O–H groups in total. The number of nitrogens with zero attached hydrogens (tertiary/aromatic N) is 1. The highest BCUT2D eigenvalue weighted by atomic mass is 19.2. The summed E-state index contributed by atoms with van der Waals surface area (Å²) in [5, 5.41) is 10.8. The summed E-state index contributed by atoms with van der Waals surface area (Å²) in [4.78, 5) is 22.1. The molecule has 0 spiro atoms. The quantitative estimate of drug-likeness (QED) is 0.154. The molecule has 0 radical (unpaired) electrons. The Morgan fingerprint density at radius 2 is 1.52 bits per heavy atom. The molecule has 0 amide bonds. The Hall–Kier alpha value is -3.10. The van der Waals surface area contributed by atoms with Crippen LogP contribution in [0.5, 0.6) is 0 Å². The molecule has 0 unspecified atom stereocenters.